The minimum absolute atomic E-state index is 0.0378. The van der Waals surface area contributed by atoms with Gasteiger partial charge in [-0.15, -0.1) is 0 Å². The molecule has 2 aromatic rings. The number of phenols is 1. The molecule has 1 aromatic heterocycles. The van der Waals surface area contributed by atoms with E-state index in [9.17, 15) is 14.7 Å². The van der Waals surface area contributed by atoms with Gasteiger partial charge in [0.05, 0.1) is 18.0 Å². The third-order valence-corrected chi connectivity index (χ3v) is 3.48. The number of aromatic hydroxyl groups is 1. The Hall–Kier alpha value is -2.34. The molecule has 0 atom stereocenters. The van der Waals surface area contributed by atoms with Gasteiger partial charge in [-0.25, -0.2) is 4.79 Å². The van der Waals surface area contributed by atoms with E-state index in [0.717, 1.165) is 0 Å². The first kappa shape index (κ1) is 15.1. The Bertz CT molecular complexity index is 652. The fourth-order valence-corrected chi connectivity index (χ4v) is 2.55. The van der Waals surface area contributed by atoms with Gasteiger partial charge in [0.1, 0.15) is 11.3 Å². The van der Waals surface area contributed by atoms with Crippen molar-refractivity contribution < 1.29 is 19.4 Å². The van der Waals surface area contributed by atoms with Crippen LogP contribution in [-0.4, -0.2) is 23.6 Å². The van der Waals surface area contributed by atoms with Crippen LogP contribution in [0.5, 0.6) is 5.75 Å². The predicted molar refractivity (Wildman–Crippen MR) is 81.2 cm³/mol. The zero-order valence-electron chi connectivity index (χ0n) is 11.7. The van der Waals surface area contributed by atoms with Crippen LogP contribution in [0.2, 0.25) is 0 Å². The summed E-state index contributed by atoms with van der Waals surface area (Å²) < 4.78 is 4.89. The van der Waals surface area contributed by atoms with Crippen LogP contribution < -0.4 is 4.90 Å². The number of thiophene rings is 1. The quantitative estimate of drug-likeness (QED) is 0.880. The molecule has 6 heteroatoms. The summed E-state index contributed by atoms with van der Waals surface area (Å²) in [5.74, 6) is -0.981. The van der Waals surface area contributed by atoms with Gasteiger partial charge < -0.3 is 9.84 Å². The summed E-state index contributed by atoms with van der Waals surface area (Å²) >= 11 is 1.47. The molecule has 5 nitrogen and oxygen atoms in total. The molecule has 2 rings (SSSR count). The van der Waals surface area contributed by atoms with E-state index < -0.39 is 5.97 Å². The number of benzene rings is 1. The van der Waals surface area contributed by atoms with Crippen LogP contribution in [0, 0.1) is 0 Å². The number of hydrogen-bond acceptors (Lipinski definition) is 5. The number of anilines is 2. The van der Waals surface area contributed by atoms with Crippen molar-refractivity contribution in [2.45, 2.75) is 13.8 Å². The summed E-state index contributed by atoms with van der Waals surface area (Å²) in [6.07, 6.45) is 0. The minimum atomic E-state index is -0.620. The first-order valence-electron chi connectivity index (χ1n) is 6.37. The normalized spacial score (nSPS) is 10.2. The van der Waals surface area contributed by atoms with Gasteiger partial charge in [0.2, 0.25) is 5.91 Å². The zero-order valence-corrected chi connectivity index (χ0v) is 12.5. The Morgan fingerprint density at radius 2 is 2.05 bits per heavy atom. The molecule has 21 heavy (non-hydrogen) atoms. The van der Waals surface area contributed by atoms with Crippen LogP contribution in [0.15, 0.2) is 35.0 Å². The third kappa shape index (κ3) is 3.22. The molecular formula is C15H15NO4S. The van der Waals surface area contributed by atoms with Gasteiger partial charge in [-0.05, 0) is 36.6 Å². The van der Waals surface area contributed by atoms with Crippen molar-refractivity contribution >= 4 is 34.6 Å². The van der Waals surface area contributed by atoms with Gasteiger partial charge in [-0.3, -0.25) is 9.69 Å². The lowest BCUT2D eigenvalue weighted by molar-refractivity contribution is -0.115. The Morgan fingerprint density at radius 1 is 1.29 bits per heavy atom. The maximum atomic E-state index is 11.9. The van der Waals surface area contributed by atoms with Crippen molar-refractivity contribution in [1.82, 2.24) is 0 Å². The van der Waals surface area contributed by atoms with E-state index in [1.54, 1.807) is 13.0 Å². The highest BCUT2D eigenvalue weighted by molar-refractivity contribution is 7.08. The number of carbonyl (C=O) groups excluding carboxylic acids is 2. The molecule has 0 aliphatic rings. The number of carbonyl (C=O) groups is 2. The first-order chi connectivity index (χ1) is 10.0. The lowest BCUT2D eigenvalue weighted by Crippen LogP contribution is -2.22. The van der Waals surface area contributed by atoms with Crippen LogP contribution in [0.25, 0.3) is 0 Å². The molecule has 0 saturated carbocycles. The molecule has 1 amide bonds. The van der Waals surface area contributed by atoms with E-state index in [4.69, 9.17) is 4.74 Å². The molecule has 0 fully saturated rings. The van der Waals surface area contributed by atoms with Crippen molar-refractivity contribution in [2.75, 3.05) is 11.5 Å². The number of phenolic OH excluding ortho intramolecular Hbond substituents is 1. The lowest BCUT2D eigenvalue weighted by Gasteiger charge is -2.20. The molecule has 0 aliphatic heterocycles. The van der Waals surface area contributed by atoms with Crippen molar-refractivity contribution in [3.05, 3.63) is 40.6 Å². The van der Waals surface area contributed by atoms with Gasteiger partial charge in [-0.2, -0.15) is 11.3 Å². The van der Waals surface area contributed by atoms with Crippen molar-refractivity contribution in [1.29, 1.82) is 0 Å². The van der Waals surface area contributed by atoms with Crippen LogP contribution in [0.4, 0.5) is 11.4 Å². The molecule has 0 saturated heterocycles. The second-order valence-corrected chi connectivity index (χ2v) is 5.04. The largest absolute Gasteiger partial charge is 0.507 e. The Labute approximate surface area is 126 Å². The second kappa shape index (κ2) is 6.41. The maximum Gasteiger partial charge on any atom is 0.341 e. The van der Waals surface area contributed by atoms with E-state index in [1.807, 2.05) is 16.8 Å². The molecule has 0 unspecified atom stereocenters. The highest BCUT2D eigenvalue weighted by Crippen LogP contribution is 2.31. The average molecular weight is 305 g/mol. The summed E-state index contributed by atoms with van der Waals surface area (Å²) in [5.41, 5.74) is 1.26. The summed E-state index contributed by atoms with van der Waals surface area (Å²) in [4.78, 5) is 25.2. The summed E-state index contributed by atoms with van der Waals surface area (Å²) in [6.45, 7) is 3.34. The molecular weight excluding hydrogens is 290 g/mol. The number of hydrogen-bond donors (Lipinski definition) is 1. The highest BCUT2D eigenvalue weighted by atomic mass is 32.1. The smallest absolute Gasteiger partial charge is 0.341 e. The van der Waals surface area contributed by atoms with Gasteiger partial charge in [0.15, 0.2) is 0 Å². The van der Waals surface area contributed by atoms with Crippen LogP contribution in [0.1, 0.15) is 24.2 Å². The molecule has 1 N–H and O–H groups in total. The number of rotatable bonds is 4. The number of nitrogens with zero attached hydrogens (tertiary/aromatic N) is 1. The monoisotopic (exact) mass is 305 g/mol. The molecule has 0 radical (unpaired) electrons. The Balaban J connectivity index is 2.45. The van der Waals surface area contributed by atoms with Gasteiger partial charge in [0, 0.05) is 12.3 Å². The zero-order chi connectivity index (χ0) is 15.4. The number of esters is 1. The fourth-order valence-electron chi connectivity index (χ4n) is 1.93. The van der Waals surface area contributed by atoms with E-state index in [1.165, 1.54) is 35.3 Å². The van der Waals surface area contributed by atoms with Gasteiger partial charge in [-0.1, -0.05) is 0 Å². The SMILES string of the molecule is CCOC(=O)c1cc(N(C(C)=O)c2ccsc2)ccc1O. The third-order valence-electron chi connectivity index (χ3n) is 2.81. The molecule has 0 bridgehead atoms. The average Bonchev–Trinajstić information content (AvgIpc) is 2.94. The Kier molecular flexibility index (Phi) is 4.59. The molecule has 110 valence electrons. The highest BCUT2D eigenvalue weighted by Gasteiger charge is 2.19. The van der Waals surface area contributed by atoms with E-state index in [-0.39, 0.29) is 23.8 Å². The fraction of sp³-hybridized carbons (Fsp3) is 0.200. The van der Waals surface area contributed by atoms with E-state index >= 15 is 0 Å². The summed E-state index contributed by atoms with van der Waals surface area (Å²) in [6, 6.07) is 6.22. The first-order valence-corrected chi connectivity index (χ1v) is 7.32. The topological polar surface area (TPSA) is 66.8 Å². The molecule has 0 aliphatic carbocycles. The van der Waals surface area contributed by atoms with Crippen LogP contribution in [0.3, 0.4) is 0 Å². The van der Waals surface area contributed by atoms with Gasteiger partial charge >= 0.3 is 5.97 Å². The van der Waals surface area contributed by atoms with Crippen molar-refractivity contribution in [3.63, 3.8) is 0 Å². The summed E-state index contributed by atoms with van der Waals surface area (Å²) in [5, 5.41) is 13.5. The second-order valence-electron chi connectivity index (χ2n) is 4.26. The number of amides is 1. The lowest BCUT2D eigenvalue weighted by atomic mass is 10.1. The molecule has 1 heterocycles. The number of ether oxygens (including phenoxy) is 1. The molecule has 0 spiro atoms. The summed E-state index contributed by atoms with van der Waals surface area (Å²) in [7, 11) is 0. The molecule has 1 aromatic carbocycles. The van der Waals surface area contributed by atoms with Crippen LogP contribution in [-0.2, 0) is 9.53 Å². The van der Waals surface area contributed by atoms with Crippen molar-refractivity contribution in [2.24, 2.45) is 0 Å². The Morgan fingerprint density at radius 3 is 2.62 bits per heavy atom. The maximum absolute atomic E-state index is 11.9. The van der Waals surface area contributed by atoms with Crippen LogP contribution >= 0.6 is 11.3 Å². The van der Waals surface area contributed by atoms with Crippen molar-refractivity contribution in [3.8, 4) is 5.75 Å². The van der Waals surface area contributed by atoms with E-state index in [0.29, 0.717) is 11.4 Å². The minimum Gasteiger partial charge on any atom is -0.507 e. The van der Waals surface area contributed by atoms with Gasteiger partial charge in [0.25, 0.3) is 0 Å². The van der Waals surface area contributed by atoms with E-state index in [2.05, 4.69) is 0 Å². The standard InChI is InChI=1S/C15H15NO4S/c1-3-20-15(19)13-8-11(4-5-14(13)18)16(10(2)17)12-6-7-21-9-12/h4-9,18H,3H2,1-2H3. The predicted octanol–water partition coefficient (Wildman–Crippen LogP) is 3.32.